The topological polar surface area (TPSA) is 38.1 Å². The Hall–Kier alpha value is -0.680. The molecule has 4 nitrogen and oxygen atoms in total. The van der Waals surface area contributed by atoms with Crippen LogP contribution in [-0.4, -0.2) is 34.1 Å². The molecule has 1 fully saturated rings. The first-order valence-electron chi connectivity index (χ1n) is 6.55. The van der Waals surface area contributed by atoms with E-state index in [4.69, 9.17) is 0 Å². The van der Waals surface area contributed by atoms with Gasteiger partial charge in [-0.1, -0.05) is 6.42 Å². The first-order valence-corrected chi connectivity index (χ1v) is 7.35. The minimum absolute atomic E-state index is 0.134. The molecule has 0 N–H and O–H groups in total. The van der Waals surface area contributed by atoms with E-state index >= 15 is 0 Å². The van der Waals surface area contributed by atoms with E-state index in [1.54, 1.807) is 4.57 Å². The number of likely N-dealkylation sites (tertiary alicyclic amines) is 1. The normalized spacial score (nSPS) is 17.1. The molecule has 1 saturated heterocycles. The van der Waals surface area contributed by atoms with Crippen LogP contribution < -0.4 is 5.69 Å². The van der Waals surface area contributed by atoms with Gasteiger partial charge in [0.1, 0.15) is 0 Å². The molecule has 0 spiro atoms. The molecule has 0 unspecified atom stereocenters. The molecule has 100 valence electrons. The van der Waals surface area contributed by atoms with Gasteiger partial charge in [-0.15, -0.1) is 0 Å². The number of aryl methyl sites for hydroxylation is 1. The lowest BCUT2D eigenvalue weighted by Crippen LogP contribution is -2.36. The average molecular weight is 314 g/mol. The summed E-state index contributed by atoms with van der Waals surface area (Å²) in [4.78, 5) is 18.4. The Balaban J connectivity index is 2.09. The summed E-state index contributed by atoms with van der Waals surface area (Å²) in [6, 6.07) is 0. The number of halogens is 1. The number of aromatic nitrogens is 2. The van der Waals surface area contributed by atoms with Gasteiger partial charge in [0.05, 0.1) is 10.2 Å². The summed E-state index contributed by atoms with van der Waals surface area (Å²) in [5, 5.41) is 0. The summed E-state index contributed by atoms with van der Waals surface area (Å²) in [6.07, 6.45) is 3.90. The van der Waals surface area contributed by atoms with Crippen molar-refractivity contribution < 1.29 is 0 Å². The molecule has 18 heavy (non-hydrogen) atoms. The zero-order valence-electron chi connectivity index (χ0n) is 11.1. The van der Waals surface area contributed by atoms with Gasteiger partial charge in [0.25, 0.3) is 0 Å². The smallest absolute Gasteiger partial charge is 0.302 e. The van der Waals surface area contributed by atoms with Gasteiger partial charge in [-0.3, -0.25) is 4.57 Å². The minimum atomic E-state index is -0.134. The molecular weight excluding hydrogens is 294 g/mol. The molecule has 0 saturated carbocycles. The van der Waals surface area contributed by atoms with Crippen molar-refractivity contribution in [3.8, 4) is 0 Å². The first kappa shape index (κ1) is 13.7. The van der Waals surface area contributed by atoms with Crippen molar-refractivity contribution in [2.75, 3.05) is 19.6 Å². The monoisotopic (exact) mass is 313 g/mol. The summed E-state index contributed by atoms with van der Waals surface area (Å²) < 4.78 is 2.71. The van der Waals surface area contributed by atoms with E-state index in [1.807, 2.05) is 13.8 Å². The zero-order valence-corrected chi connectivity index (χ0v) is 12.7. The van der Waals surface area contributed by atoms with E-state index in [2.05, 4.69) is 25.8 Å². The fraction of sp³-hybridized carbons (Fsp3) is 0.692. The van der Waals surface area contributed by atoms with Crippen molar-refractivity contribution in [1.29, 1.82) is 0 Å². The maximum atomic E-state index is 11.9. The lowest BCUT2D eigenvalue weighted by atomic mass is 10.1. The molecule has 1 aliphatic heterocycles. The molecule has 2 rings (SSSR count). The third kappa shape index (κ3) is 3.01. The van der Waals surface area contributed by atoms with Crippen LogP contribution in [0.2, 0.25) is 0 Å². The second-order valence-corrected chi connectivity index (χ2v) is 5.73. The van der Waals surface area contributed by atoms with E-state index < -0.39 is 0 Å². The zero-order chi connectivity index (χ0) is 13.1. The van der Waals surface area contributed by atoms with Crippen LogP contribution in [0.5, 0.6) is 0 Å². The van der Waals surface area contributed by atoms with Crippen LogP contribution in [0.4, 0.5) is 0 Å². The molecule has 0 atom stereocenters. The third-order valence-electron chi connectivity index (χ3n) is 3.62. The largest absolute Gasteiger partial charge is 0.348 e. The highest BCUT2D eigenvalue weighted by Gasteiger charge is 2.12. The first-order chi connectivity index (χ1) is 8.59. The highest BCUT2D eigenvalue weighted by molar-refractivity contribution is 9.10. The van der Waals surface area contributed by atoms with E-state index in [0.29, 0.717) is 0 Å². The minimum Gasteiger partial charge on any atom is -0.302 e. The summed E-state index contributed by atoms with van der Waals surface area (Å²) >= 11 is 3.49. The van der Waals surface area contributed by atoms with E-state index in [0.717, 1.165) is 42.0 Å². The molecule has 5 heteroatoms. The molecule has 0 radical (unpaired) electrons. The van der Waals surface area contributed by atoms with Gasteiger partial charge >= 0.3 is 5.69 Å². The third-order valence-corrected chi connectivity index (χ3v) is 4.77. The highest BCUT2D eigenvalue weighted by atomic mass is 79.9. The maximum absolute atomic E-state index is 11.9. The second-order valence-electron chi connectivity index (χ2n) is 4.93. The lowest BCUT2D eigenvalue weighted by molar-refractivity contribution is 0.219. The molecular formula is C13H20BrN3O. The molecule has 1 aromatic heterocycles. The Morgan fingerprint density at radius 1 is 1.17 bits per heavy atom. The molecule has 0 aromatic carbocycles. The van der Waals surface area contributed by atoms with Crippen LogP contribution in [0.15, 0.2) is 9.27 Å². The van der Waals surface area contributed by atoms with Gasteiger partial charge in [0, 0.05) is 18.8 Å². The number of hydrogen-bond donors (Lipinski definition) is 0. The van der Waals surface area contributed by atoms with Crippen LogP contribution in [0, 0.1) is 13.8 Å². The number of rotatable bonds is 3. The predicted octanol–water partition coefficient (Wildman–Crippen LogP) is 2.11. The summed E-state index contributed by atoms with van der Waals surface area (Å²) in [5.41, 5.74) is 1.61. The lowest BCUT2D eigenvalue weighted by Gasteiger charge is -2.26. The molecule has 2 heterocycles. The van der Waals surface area contributed by atoms with Crippen molar-refractivity contribution in [2.45, 2.75) is 39.7 Å². The van der Waals surface area contributed by atoms with Crippen LogP contribution in [-0.2, 0) is 6.54 Å². The van der Waals surface area contributed by atoms with E-state index in [9.17, 15) is 4.79 Å². The van der Waals surface area contributed by atoms with Crippen LogP contribution in [0.3, 0.4) is 0 Å². The van der Waals surface area contributed by atoms with E-state index in [-0.39, 0.29) is 5.69 Å². The molecule has 0 aliphatic carbocycles. The molecule has 1 aliphatic rings. The second kappa shape index (κ2) is 5.97. The average Bonchev–Trinajstić information content (AvgIpc) is 2.37. The van der Waals surface area contributed by atoms with Crippen LogP contribution >= 0.6 is 15.9 Å². The van der Waals surface area contributed by atoms with Gasteiger partial charge < -0.3 is 4.90 Å². The molecule has 0 bridgehead atoms. The summed E-state index contributed by atoms with van der Waals surface area (Å²) in [5.74, 6) is 0. The SMILES string of the molecule is Cc1nc(=O)n(CCN2CCCCC2)c(C)c1Br. The van der Waals surface area contributed by atoms with Crippen molar-refractivity contribution in [3.05, 3.63) is 26.3 Å². The van der Waals surface area contributed by atoms with Gasteiger partial charge in [0.15, 0.2) is 0 Å². The molecule has 0 amide bonds. The van der Waals surface area contributed by atoms with Crippen molar-refractivity contribution in [3.63, 3.8) is 0 Å². The van der Waals surface area contributed by atoms with Crippen LogP contribution in [0.25, 0.3) is 0 Å². The Bertz CT molecular complexity index is 478. The van der Waals surface area contributed by atoms with Gasteiger partial charge in [-0.2, -0.15) is 4.98 Å². The summed E-state index contributed by atoms with van der Waals surface area (Å²) in [6.45, 7) is 7.82. The van der Waals surface area contributed by atoms with Crippen LogP contribution in [0.1, 0.15) is 30.7 Å². The number of nitrogens with zero attached hydrogens (tertiary/aromatic N) is 3. The standard InChI is InChI=1S/C13H20BrN3O/c1-10-12(14)11(2)17(13(18)15-10)9-8-16-6-4-3-5-7-16/h3-9H2,1-2H3. The van der Waals surface area contributed by atoms with Gasteiger partial charge in [0.2, 0.25) is 0 Å². The maximum Gasteiger partial charge on any atom is 0.348 e. The fourth-order valence-corrected chi connectivity index (χ4v) is 2.77. The fourth-order valence-electron chi connectivity index (χ4n) is 2.46. The Morgan fingerprint density at radius 3 is 2.50 bits per heavy atom. The number of piperidine rings is 1. The van der Waals surface area contributed by atoms with Gasteiger partial charge in [-0.05, 0) is 55.7 Å². The number of hydrogen-bond acceptors (Lipinski definition) is 3. The van der Waals surface area contributed by atoms with Crippen molar-refractivity contribution in [2.24, 2.45) is 0 Å². The van der Waals surface area contributed by atoms with Crippen molar-refractivity contribution >= 4 is 15.9 Å². The van der Waals surface area contributed by atoms with E-state index in [1.165, 1.54) is 19.3 Å². The Labute approximate surface area is 116 Å². The molecule has 1 aromatic rings. The summed E-state index contributed by atoms with van der Waals surface area (Å²) in [7, 11) is 0. The van der Waals surface area contributed by atoms with Gasteiger partial charge in [-0.25, -0.2) is 4.79 Å². The quantitative estimate of drug-likeness (QED) is 0.858. The predicted molar refractivity (Wildman–Crippen MR) is 76.0 cm³/mol. The van der Waals surface area contributed by atoms with Crippen molar-refractivity contribution in [1.82, 2.24) is 14.5 Å². The Kier molecular flexibility index (Phi) is 4.56. The highest BCUT2D eigenvalue weighted by Crippen LogP contribution is 2.16. The Morgan fingerprint density at radius 2 is 1.83 bits per heavy atom.